The number of hydrogen-bond acceptors (Lipinski definition) is 6. The molecule has 3 rings (SSSR count). The first-order valence-corrected chi connectivity index (χ1v) is 8.71. The van der Waals surface area contributed by atoms with Crippen molar-refractivity contribution in [2.45, 2.75) is 22.8 Å². The summed E-state index contributed by atoms with van der Waals surface area (Å²) >= 11 is 0. The van der Waals surface area contributed by atoms with E-state index < -0.39 is 14.8 Å². The van der Waals surface area contributed by atoms with Gasteiger partial charge in [-0.3, -0.25) is 10.1 Å². The van der Waals surface area contributed by atoms with E-state index in [0.29, 0.717) is 6.61 Å². The van der Waals surface area contributed by atoms with Crippen LogP contribution in [0.3, 0.4) is 0 Å². The predicted molar refractivity (Wildman–Crippen MR) is 85.0 cm³/mol. The summed E-state index contributed by atoms with van der Waals surface area (Å²) in [5.41, 5.74) is 0.389. The van der Waals surface area contributed by atoms with Gasteiger partial charge in [0.05, 0.1) is 16.4 Å². The van der Waals surface area contributed by atoms with Gasteiger partial charge in [-0.1, -0.05) is 18.2 Å². The van der Waals surface area contributed by atoms with Gasteiger partial charge in [-0.2, -0.15) is 0 Å². The SMILES string of the molecule is Cc1cccc(S(=O)(=O)c2cccc([N+](=O)[O-])c2OCC2CO2)c1. The first-order chi connectivity index (χ1) is 11.4. The Bertz CT molecular complexity index is 889. The molecule has 1 unspecified atom stereocenters. The molecule has 1 aliphatic rings. The lowest BCUT2D eigenvalue weighted by Gasteiger charge is -2.12. The van der Waals surface area contributed by atoms with Crippen LogP contribution in [0.5, 0.6) is 5.75 Å². The molecule has 0 bridgehead atoms. The molecular formula is C16H15NO6S. The molecule has 1 saturated heterocycles. The molecular weight excluding hydrogens is 334 g/mol. The molecule has 1 aliphatic heterocycles. The average molecular weight is 349 g/mol. The van der Waals surface area contributed by atoms with Crippen LogP contribution in [0.25, 0.3) is 0 Å². The smallest absolute Gasteiger partial charge is 0.312 e. The molecule has 126 valence electrons. The van der Waals surface area contributed by atoms with Crippen molar-refractivity contribution >= 4 is 15.5 Å². The lowest BCUT2D eigenvalue weighted by molar-refractivity contribution is -0.386. The quantitative estimate of drug-likeness (QED) is 0.451. The van der Waals surface area contributed by atoms with Gasteiger partial charge < -0.3 is 9.47 Å². The number of benzene rings is 2. The lowest BCUT2D eigenvalue weighted by Crippen LogP contribution is -2.11. The molecule has 2 aromatic carbocycles. The summed E-state index contributed by atoms with van der Waals surface area (Å²) < 4.78 is 36.3. The van der Waals surface area contributed by atoms with E-state index >= 15 is 0 Å². The Balaban J connectivity index is 2.11. The van der Waals surface area contributed by atoms with E-state index in [0.717, 1.165) is 5.56 Å². The fourth-order valence-electron chi connectivity index (χ4n) is 2.25. The number of para-hydroxylation sites is 1. The number of ether oxygens (including phenoxy) is 2. The zero-order chi connectivity index (χ0) is 17.3. The number of rotatable bonds is 6. The summed E-state index contributed by atoms with van der Waals surface area (Å²) in [4.78, 5) is 10.4. The number of aryl methyl sites for hydroxylation is 1. The lowest BCUT2D eigenvalue weighted by atomic mass is 10.2. The van der Waals surface area contributed by atoms with Crippen molar-refractivity contribution in [1.29, 1.82) is 0 Å². The minimum Gasteiger partial charge on any atom is -0.483 e. The molecule has 24 heavy (non-hydrogen) atoms. The van der Waals surface area contributed by atoms with Gasteiger partial charge in [0.25, 0.3) is 0 Å². The van der Waals surface area contributed by atoms with Crippen LogP contribution in [0, 0.1) is 17.0 Å². The highest BCUT2D eigenvalue weighted by atomic mass is 32.2. The fourth-order valence-corrected chi connectivity index (χ4v) is 3.77. The summed E-state index contributed by atoms with van der Waals surface area (Å²) in [6.07, 6.45) is -0.153. The monoisotopic (exact) mass is 349 g/mol. The molecule has 7 nitrogen and oxygen atoms in total. The van der Waals surface area contributed by atoms with Crippen LogP contribution in [0.4, 0.5) is 5.69 Å². The highest BCUT2D eigenvalue weighted by molar-refractivity contribution is 7.91. The van der Waals surface area contributed by atoms with Gasteiger partial charge in [-0.05, 0) is 30.7 Å². The van der Waals surface area contributed by atoms with Gasteiger partial charge in [0.1, 0.15) is 17.6 Å². The second kappa shape index (κ2) is 6.21. The largest absolute Gasteiger partial charge is 0.483 e. The van der Waals surface area contributed by atoms with Crippen LogP contribution in [0.2, 0.25) is 0 Å². The zero-order valence-corrected chi connectivity index (χ0v) is 13.7. The summed E-state index contributed by atoms with van der Waals surface area (Å²) in [5.74, 6) is -0.250. The van der Waals surface area contributed by atoms with Crippen molar-refractivity contribution in [3.05, 3.63) is 58.1 Å². The van der Waals surface area contributed by atoms with Gasteiger partial charge in [0.15, 0.2) is 0 Å². The Morgan fingerprint density at radius 1 is 1.29 bits per heavy atom. The number of nitro groups is 1. The van der Waals surface area contributed by atoms with E-state index in [1.807, 2.05) is 0 Å². The molecule has 8 heteroatoms. The molecule has 1 heterocycles. The molecule has 1 fully saturated rings. The number of nitrogens with zero attached hydrogens (tertiary/aromatic N) is 1. The van der Waals surface area contributed by atoms with E-state index in [1.165, 1.54) is 30.3 Å². The second-order valence-electron chi connectivity index (χ2n) is 5.45. The molecule has 0 saturated carbocycles. The highest BCUT2D eigenvalue weighted by Crippen LogP contribution is 2.37. The maximum atomic E-state index is 12.9. The number of hydrogen-bond donors (Lipinski definition) is 0. The van der Waals surface area contributed by atoms with Crippen LogP contribution < -0.4 is 4.74 Å². The van der Waals surface area contributed by atoms with E-state index in [4.69, 9.17) is 9.47 Å². The molecule has 0 spiro atoms. The maximum absolute atomic E-state index is 12.9. The highest BCUT2D eigenvalue weighted by Gasteiger charge is 2.31. The molecule has 2 aromatic rings. The van der Waals surface area contributed by atoms with Gasteiger partial charge >= 0.3 is 5.69 Å². The predicted octanol–water partition coefficient (Wildman–Crippen LogP) is 2.51. The summed E-state index contributed by atoms with van der Waals surface area (Å²) in [5, 5.41) is 11.3. The third-order valence-electron chi connectivity index (χ3n) is 3.56. The van der Waals surface area contributed by atoms with Gasteiger partial charge in [-0.15, -0.1) is 0 Å². The summed E-state index contributed by atoms with van der Waals surface area (Å²) in [6, 6.07) is 10.2. The average Bonchev–Trinajstić information content (AvgIpc) is 3.36. The van der Waals surface area contributed by atoms with Gasteiger partial charge in [-0.25, -0.2) is 8.42 Å². The fraction of sp³-hybridized carbons (Fsp3) is 0.250. The van der Waals surface area contributed by atoms with Crippen molar-refractivity contribution in [3.8, 4) is 5.75 Å². The Labute approximate surface area is 138 Å². The van der Waals surface area contributed by atoms with Crippen LogP contribution >= 0.6 is 0 Å². The summed E-state index contributed by atoms with van der Waals surface area (Å²) in [7, 11) is -3.95. The van der Waals surface area contributed by atoms with Crippen molar-refractivity contribution in [2.24, 2.45) is 0 Å². The topological polar surface area (TPSA) is 99.0 Å². The normalized spacial score (nSPS) is 16.6. The van der Waals surface area contributed by atoms with Crippen LogP contribution in [-0.2, 0) is 14.6 Å². The number of sulfone groups is 1. The van der Waals surface area contributed by atoms with Gasteiger partial charge in [0, 0.05) is 6.07 Å². The van der Waals surface area contributed by atoms with Crippen LogP contribution in [0.1, 0.15) is 5.56 Å². The van der Waals surface area contributed by atoms with E-state index in [2.05, 4.69) is 0 Å². The molecule has 0 N–H and O–H groups in total. The Hall–Kier alpha value is -2.45. The van der Waals surface area contributed by atoms with Crippen LogP contribution in [-0.4, -0.2) is 32.7 Å². The standard InChI is InChI=1S/C16H15NO6S/c1-11-4-2-5-13(8-11)24(20,21)15-7-3-6-14(17(18)19)16(15)23-10-12-9-22-12/h2-8,12H,9-10H2,1H3. The van der Waals surface area contributed by atoms with Crippen molar-refractivity contribution in [1.82, 2.24) is 0 Å². The zero-order valence-electron chi connectivity index (χ0n) is 12.8. The first-order valence-electron chi connectivity index (χ1n) is 7.23. The molecule has 0 aliphatic carbocycles. The molecule has 1 atom stereocenters. The maximum Gasteiger partial charge on any atom is 0.312 e. The van der Waals surface area contributed by atoms with Crippen molar-refractivity contribution < 1.29 is 22.8 Å². The van der Waals surface area contributed by atoms with E-state index in [-0.39, 0.29) is 33.9 Å². The van der Waals surface area contributed by atoms with Crippen LogP contribution in [0.15, 0.2) is 52.3 Å². The Morgan fingerprint density at radius 3 is 2.62 bits per heavy atom. The van der Waals surface area contributed by atoms with Crippen molar-refractivity contribution in [3.63, 3.8) is 0 Å². The number of nitro benzene ring substituents is 1. The Kier molecular flexibility index (Phi) is 4.25. The second-order valence-corrected chi connectivity index (χ2v) is 7.37. The summed E-state index contributed by atoms with van der Waals surface area (Å²) in [6.45, 7) is 2.34. The molecule has 0 amide bonds. The molecule has 0 radical (unpaired) electrons. The molecule has 0 aromatic heterocycles. The minimum absolute atomic E-state index is 0.0653. The van der Waals surface area contributed by atoms with E-state index in [1.54, 1.807) is 19.1 Å². The Morgan fingerprint density at radius 2 is 2.00 bits per heavy atom. The number of epoxide rings is 1. The minimum atomic E-state index is -3.95. The van der Waals surface area contributed by atoms with E-state index in [9.17, 15) is 18.5 Å². The first kappa shape index (κ1) is 16.4. The van der Waals surface area contributed by atoms with Gasteiger partial charge in [0.2, 0.25) is 15.6 Å². The third kappa shape index (κ3) is 3.24. The third-order valence-corrected chi connectivity index (χ3v) is 5.34. The van der Waals surface area contributed by atoms with Crippen molar-refractivity contribution in [2.75, 3.05) is 13.2 Å².